The third-order valence-corrected chi connectivity index (χ3v) is 2.72. The molecule has 1 aromatic carbocycles. The van der Waals surface area contributed by atoms with E-state index in [2.05, 4.69) is 4.98 Å². The van der Waals surface area contributed by atoms with Gasteiger partial charge in [0.05, 0.1) is 4.90 Å². The lowest BCUT2D eigenvalue weighted by atomic mass is 10.3. The number of oxazole rings is 1. The minimum absolute atomic E-state index is 0.0688. The smallest absolute Gasteiger partial charge is 0.260 e. The Balaban J connectivity index is 2.71. The van der Waals surface area contributed by atoms with E-state index in [0.717, 1.165) is 0 Å². The van der Waals surface area contributed by atoms with Crippen LogP contribution in [0.15, 0.2) is 27.5 Å². The Labute approximate surface area is 84.8 Å². The first kappa shape index (κ1) is 9.81. The van der Waals surface area contributed by atoms with E-state index >= 15 is 0 Å². The summed E-state index contributed by atoms with van der Waals surface area (Å²) in [5, 5.41) is 4.93. The van der Waals surface area contributed by atoms with Gasteiger partial charge < -0.3 is 4.42 Å². The van der Waals surface area contributed by atoms with Gasteiger partial charge in [0.15, 0.2) is 5.58 Å². The lowest BCUT2D eigenvalue weighted by Gasteiger charge is -1.95. The van der Waals surface area contributed by atoms with Gasteiger partial charge in [-0.3, -0.25) is 4.79 Å². The number of nitrogens with two attached hydrogens (primary N) is 1. The fraction of sp³-hybridized carbons (Fsp3) is 0. The van der Waals surface area contributed by atoms with Gasteiger partial charge >= 0.3 is 0 Å². The lowest BCUT2D eigenvalue weighted by Crippen LogP contribution is -2.11. The van der Waals surface area contributed by atoms with Gasteiger partial charge in [0.2, 0.25) is 16.3 Å². The van der Waals surface area contributed by atoms with Gasteiger partial charge in [-0.1, -0.05) is 0 Å². The van der Waals surface area contributed by atoms with Crippen molar-refractivity contribution in [2.45, 2.75) is 4.90 Å². The van der Waals surface area contributed by atoms with Crippen LogP contribution < -0.4 is 5.14 Å². The van der Waals surface area contributed by atoms with Crippen LogP contribution in [-0.2, 0) is 10.0 Å². The van der Waals surface area contributed by atoms with Crippen LogP contribution >= 0.6 is 0 Å². The maximum absolute atomic E-state index is 11.0. The van der Waals surface area contributed by atoms with E-state index in [1.807, 2.05) is 0 Å². The Hall–Kier alpha value is -1.73. The Morgan fingerprint density at radius 2 is 2.13 bits per heavy atom. The predicted molar refractivity (Wildman–Crippen MR) is 50.8 cm³/mol. The normalized spacial score (nSPS) is 11.8. The summed E-state index contributed by atoms with van der Waals surface area (Å²) in [4.78, 5) is 14.0. The molecule has 0 radical (unpaired) electrons. The van der Waals surface area contributed by atoms with Gasteiger partial charge in [-0.2, -0.15) is 0 Å². The number of sulfonamides is 1. The van der Waals surface area contributed by atoms with Crippen molar-refractivity contribution in [1.82, 2.24) is 4.98 Å². The van der Waals surface area contributed by atoms with Crippen molar-refractivity contribution in [2.75, 3.05) is 0 Å². The molecule has 2 N–H and O–H groups in total. The maximum atomic E-state index is 11.0. The van der Waals surface area contributed by atoms with Crippen LogP contribution in [0, 0.1) is 0 Å². The molecular formula is C8H6N2O4S. The van der Waals surface area contributed by atoms with Crippen molar-refractivity contribution in [3.05, 3.63) is 24.1 Å². The fourth-order valence-corrected chi connectivity index (χ4v) is 1.69. The summed E-state index contributed by atoms with van der Waals surface area (Å²) in [6.07, 6.45) is 0.441. The van der Waals surface area contributed by atoms with Crippen LogP contribution in [0.25, 0.3) is 11.1 Å². The summed E-state index contributed by atoms with van der Waals surface area (Å²) in [5.74, 6) is -0.100. The summed E-state index contributed by atoms with van der Waals surface area (Å²) in [7, 11) is -3.76. The second kappa shape index (κ2) is 3.14. The molecule has 0 aliphatic rings. The number of fused-ring (bicyclic) bond motifs is 1. The number of hydrogen-bond donors (Lipinski definition) is 1. The molecule has 78 valence electrons. The van der Waals surface area contributed by atoms with Crippen molar-refractivity contribution >= 4 is 27.4 Å². The van der Waals surface area contributed by atoms with Crippen LogP contribution in [-0.4, -0.2) is 19.7 Å². The summed E-state index contributed by atoms with van der Waals surface area (Å²) in [6, 6.07) is 3.94. The van der Waals surface area contributed by atoms with Crippen molar-refractivity contribution in [2.24, 2.45) is 5.14 Å². The molecule has 6 nitrogen and oxygen atoms in total. The van der Waals surface area contributed by atoms with Crippen LogP contribution in [0.2, 0.25) is 0 Å². The molecule has 0 aliphatic carbocycles. The van der Waals surface area contributed by atoms with Gasteiger partial charge in [0.1, 0.15) is 5.52 Å². The number of aldehydes is 1. The highest BCUT2D eigenvalue weighted by Crippen LogP contribution is 2.18. The van der Waals surface area contributed by atoms with Crippen LogP contribution in [0.3, 0.4) is 0 Å². The molecule has 1 aromatic heterocycles. The van der Waals surface area contributed by atoms with Gasteiger partial charge in [-0.05, 0) is 18.2 Å². The summed E-state index contributed by atoms with van der Waals surface area (Å²) < 4.78 is 27.0. The number of benzene rings is 1. The van der Waals surface area contributed by atoms with Crippen molar-refractivity contribution in [3.63, 3.8) is 0 Å². The Kier molecular flexibility index (Phi) is 2.06. The third kappa shape index (κ3) is 1.74. The number of rotatable bonds is 2. The van der Waals surface area contributed by atoms with E-state index < -0.39 is 10.0 Å². The van der Waals surface area contributed by atoms with E-state index in [1.54, 1.807) is 0 Å². The highest BCUT2D eigenvalue weighted by Gasteiger charge is 2.11. The highest BCUT2D eigenvalue weighted by atomic mass is 32.2. The number of nitrogens with zero attached hydrogens (tertiary/aromatic N) is 1. The molecule has 0 spiro atoms. The molecule has 7 heteroatoms. The van der Waals surface area contributed by atoms with E-state index in [4.69, 9.17) is 9.56 Å². The molecule has 0 saturated heterocycles. The highest BCUT2D eigenvalue weighted by molar-refractivity contribution is 7.89. The third-order valence-electron chi connectivity index (χ3n) is 1.80. The molecule has 15 heavy (non-hydrogen) atoms. The Bertz CT molecular complexity index is 629. The van der Waals surface area contributed by atoms with Gasteiger partial charge in [0.25, 0.3) is 5.89 Å². The zero-order valence-corrected chi connectivity index (χ0v) is 8.19. The maximum Gasteiger partial charge on any atom is 0.260 e. The zero-order valence-electron chi connectivity index (χ0n) is 7.38. The summed E-state index contributed by atoms with van der Waals surface area (Å²) in [6.45, 7) is 0. The molecule has 2 rings (SSSR count). The summed E-state index contributed by atoms with van der Waals surface area (Å²) >= 11 is 0. The zero-order chi connectivity index (χ0) is 11.1. The minimum Gasteiger partial charge on any atom is -0.434 e. The molecule has 2 aromatic rings. The standard InChI is InChI=1S/C8H6N2O4S/c9-15(12,13)5-1-2-7-6(3-5)10-8(4-11)14-7/h1-4H,(H2,9,12,13). The average molecular weight is 226 g/mol. The second-order valence-electron chi connectivity index (χ2n) is 2.84. The van der Waals surface area contributed by atoms with E-state index in [-0.39, 0.29) is 16.3 Å². The number of hydrogen-bond acceptors (Lipinski definition) is 5. The molecule has 0 bridgehead atoms. The monoisotopic (exact) mass is 226 g/mol. The number of primary sulfonamides is 1. The Morgan fingerprint density at radius 1 is 1.40 bits per heavy atom. The Morgan fingerprint density at radius 3 is 2.73 bits per heavy atom. The van der Waals surface area contributed by atoms with E-state index in [1.165, 1.54) is 18.2 Å². The largest absolute Gasteiger partial charge is 0.434 e. The molecule has 0 fully saturated rings. The SMILES string of the molecule is NS(=O)(=O)c1ccc2oc(C=O)nc2c1. The average Bonchev–Trinajstić information content (AvgIpc) is 2.57. The first-order valence-corrected chi connectivity index (χ1v) is 5.44. The minimum atomic E-state index is -3.76. The molecule has 0 amide bonds. The fourth-order valence-electron chi connectivity index (χ4n) is 1.15. The first-order chi connectivity index (χ1) is 7.00. The number of carbonyl (C=O) groups excluding carboxylic acids is 1. The van der Waals surface area contributed by atoms with Crippen molar-refractivity contribution in [3.8, 4) is 0 Å². The van der Waals surface area contributed by atoms with Crippen LogP contribution in [0.4, 0.5) is 0 Å². The van der Waals surface area contributed by atoms with Gasteiger partial charge in [0, 0.05) is 0 Å². The molecule has 0 unspecified atom stereocenters. The second-order valence-corrected chi connectivity index (χ2v) is 4.41. The van der Waals surface area contributed by atoms with E-state index in [9.17, 15) is 13.2 Å². The molecular weight excluding hydrogens is 220 g/mol. The number of carbonyl (C=O) groups is 1. The van der Waals surface area contributed by atoms with Gasteiger partial charge in [-0.25, -0.2) is 18.5 Å². The summed E-state index contributed by atoms with van der Waals surface area (Å²) in [5.41, 5.74) is 0.619. The molecule has 0 aliphatic heterocycles. The van der Waals surface area contributed by atoms with Crippen molar-refractivity contribution < 1.29 is 17.6 Å². The quantitative estimate of drug-likeness (QED) is 0.741. The topological polar surface area (TPSA) is 103 Å². The molecule has 1 heterocycles. The first-order valence-electron chi connectivity index (χ1n) is 3.89. The van der Waals surface area contributed by atoms with Gasteiger partial charge in [-0.15, -0.1) is 0 Å². The number of aromatic nitrogens is 1. The molecule has 0 saturated carbocycles. The molecule has 0 atom stereocenters. The van der Waals surface area contributed by atoms with Crippen LogP contribution in [0.1, 0.15) is 10.7 Å². The lowest BCUT2D eigenvalue weighted by molar-refractivity contribution is 0.109. The predicted octanol–water partition coefficient (Wildman–Crippen LogP) is 0.288. The van der Waals surface area contributed by atoms with Crippen molar-refractivity contribution in [1.29, 1.82) is 0 Å². The van der Waals surface area contributed by atoms with Crippen LogP contribution in [0.5, 0.6) is 0 Å². The van der Waals surface area contributed by atoms with E-state index in [0.29, 0.717) is 11.9 Å².